The zero-order valence-electron chi connectivity index (χ0n) is 13.2. The highest BCUT2D eigenvalue weighted by Crippen LogP contribution is 2.31. The second-order valence-electron chi connectivity index (χ2n) is 4.94. The number of hydrogen-bond donors (Lipinski definition) is 0. The molecule has 3 rings (SSSR count). The summed E-state index contributed by atoms with van der Waals surface area (Å²) in [5, 5.41) is 0.692. The van der Waals surface area contributed by atoms with Gasteiger partial charge in [0, 0.05) is 11.1 Å². The normalized spacial score (nSPS) is 11.1. The minimum atomic E-state index is -0.521. The zero-order chi connectivity index (χ0) is 17.8. The van der Waals surface area contributed by atoms with Crippen LogP contribution in [-0.4, -0.2) is 19.7 Å². The van der Waals surface area contributed by atoms with Crippen molar-refractivity contribution in [2.45, 2.75) is 0 Å². The van der Waals surface area contributed by atoms with Crippen molar-refractivity contribution in [3.05, 3.63) is 64.0 Å². The van der Waals surface area contributed by atoms with Gasteiger partial charge in [-0.1, -0.05) is 11.6 Å². The van der Waals surface area contributed by atoms with Crippen LogP contribution in [0.1, 0.15) is 0 Å². The number of rotatable bonds is 5. The molecular formula is C18H13ClO6. The highest BCUT2D eigenvalue weighted by molar-refractivity contribution is 6.31. The van der Waals surface area contributed by atoms with E-state index in [2.05, 4.69) is 4.74 Å². The summed E-state index contributed by atoms with van der Waals surface area (Å²) in [7, 11) is 1.27. The van der Waals surface area contributed by atoms with Crippen molar-refractivity contribution in [3.8, 4) is 17.3 Å². The fourth-order valence-electron chi connectivity index (χ4n) is 2.20. The molecule has 25 heavy (non-hydrogen) atoms. The molecule has 0 fully saturated rings. The van der Waals surface area contributed by atoms with Gasteiger partial charge in [0.1, 0.15) is 12.2 Å². The Morgan fingerprint density at radius 1 is 1.32 bits per heavy atom. The maximum Gasteiger partial charge on any atom is 0.330 e. The van der Waals surface area contributed by atoms with E-state index in [1.807, 2.05) is 0 Å². The maximum absolute atomic E-state index is 12.8. The number of fused-ring (bicyclic) bond motifs is 1. The number of halogens is 1. The third kappa shape index (κ3) is 3.59. The number of hydrogen-bond acceptors (Lipinski definition) is 6. The molecular weight excluding hydrogens is 348 g/mol. The molecule has 128 valence electrons. The van der Waals surface area contributed by atoms with Crippen LogP contribution in [0.25, 0.3) is 22.5 Å². The second kappa shape index (κ2) is 7.27. The van der Waals surface area contributed by atoms with E-state index in [4.69, 9.17) is 25.2 Å². The van der Waals surface area contributed by atoms with E-state index in [9.17, 15) is 9.59 Å². The van der Waals surface area contributed by atoms with Crippen LogP contribution in [0.4, 0.5) is 0 Å². The standard InChI is InChI=1S/C18H13ClO6/c1-22-15(20)5-3-9-24-18-16(21)12-10-11(19)6-7-13(12)25-17(18)14-4-2-8-23-14/h2-8,10H,9H2,1H3/b5-3+. The van der Waals surface area contributed by atoms with Crippen molar-refractivity contribution in [3.63, 3.8) is 0 Å². The third-order valence-corrected chi connectivity index (χ3v) is 3.57. The van der Waals surface area contributed by atoms with Gasteiger partial charge in [-0.2, -0.15) is 0 Å². The molecule has 1 aromatic carbocycles. The van der Waals surface area contributed by atoms with Crippen LogP contribution in [-0.2, 0) is 9.53 Å². The lowest BCUT2D eigenvalue weighted by atomic mass is 10.2. The fourth-order valence-corrected chi connectivity index (χ4v) is 2.37. The van der Waals surface area contributed by atoms with Crippen LogP contribution in [0, 0.1) is 0 Å². The summed E-state index contributed by atoms with van der Waals surface area (Å²) in [6.07, 6.45) is 4.09. The molecule has 0 atom stereocenters. The molecule has 6 nitrogen and oxygen atoms in total. The number of methoxy groups -OCH3 is 1. The summed E-state index contributed by atoms with van der Waals surface area (Å²) in [5.74, 6) is -0.0383. The predicted octanol–water partition coefficient (Wildman–Crippen LogP) is 3.81. The van der Waals surface area contributed by atoms with E-state index in [0.29, 0.717) is 16.4 Å². The molecule has 2 aromatic heterocycles. The Morgan fingerprint density at radius 2 is 2.16 bits per heavy atom. The van der Waals surface area contributed by atoms with Gasteiger partial charge in [0.2, 0.25) is 16.9 Å². The number of furan rings is 1. The molecule has 0 aliphatic carbocycles. The monoisotopic (exact) mass is 360 g/mol. The van der Waals surface area contributed by atoms with E-state index >= 15 is 0 Å². The topological polar surface area (TPSA) is 78.9 Å². The molecule has 0 spiro atoms. The van der Waals surface area contributed by atoms with Gasteiger partial charge in [0.15, 0.2) is 5.76 Å². The Kier molecular flexibility index (Phi) is 4.90. The molecule has 7 heteroatoms. The van der Waals surface area contributed by atoms with Crippen LogP contribution < -0.4 is 10.2 Å². The Labute approximate surface area is 147 Å². The molecule has 0 N–H and O–H groups in total. The minimum absolute atomic E-state index is 0.0281. The molecule has 0 bridgehead atoms. The Morgan fingerprint density at radius 3 is 2.88 bits per heavy atom. The van der Waals surface area contributed by atoms with Gasteiger partial charge in [-0.25, -0.2) is 4.79 Å². The van der Waals surface area contributed by atoms with Crippen LogP contribution in [0.3, 0.4) is 0 Å². The lowest BCUT2D eigenvalue weighted by Crippen LogP contribution is -2.10. The fraction of sp³-hybridized carbons (Fsp3) is 0.111. The molecule has 0 unspecified atom stereocenters. The molecule has 0 saturated carbocycles. The number of carbonyl (C=O) groups is 1. The van der Waals surface area contributed by atoms with Gasteiger partial charge >= 0.3 is 5.97 Å². The molecule has 0 amide bonds. The van der Waals surface area contributed by atoms with E-state index in [-0.39, 0.29) is 28.9 Å². The molecule has 2 heterocycles. The summed E-state index contributed by atoms with van der Waals surface area (Å²) in [4.78, 5) is 23.9. The predicted molar refractivity (Wildman–Crippen MR) is 91.8 cm³/mol. The van der Waals surface area contributed by atoms with Crippen LogP contribution in [0.2, 0.25) is 5.02 Å². The van der Waals surface area contributed by atoms with Crippen molar-refractivity contribution in [1.29, 1.82) is 0 Å². The SMILES string of the molecule is COC(=O)/C=C/COc1c(-c2ccco2)oc2ccc(Cl)cc2c1=O. The quantitative estimate of drug-likeness (QED) is 0.508. The highest BCUT2D eigenvalue weighted by atomic mass is 35.5. The number of carbonyl (C=O) groups excluding carboxylic acids is 1. The van der Waals surface area contributed by atoms with Gasteiger partial charge in [0.25, 0.3) is 0 Å². The molecule has 0 radical (unpaired) electrons. The Bertz CT molecular complexity index is 985. The van der Waals surface area contributed by atoms with Crippen molar-refractivity contribution < 1.29 is 23.1 Å². The highest BCUT2D eigenvalue weighted by Gasteiger charge is 2.19. The number of benzene rings is 1. The van der Waals surface area contributed by atoms with Crippen LogP contribution in [0.15, 0.2) is 62.4 Å². The lowest BCUT2D eigenvalue weighted by molar-refractivity contribution is -0.134. The number of esters is 1. The summed E-state index contributed by atoms with van der Waals surface area (Å²) >= 11 is 5.96. The van der Waals surface area contributed by atoms with E-state index in [1.165, 1.54) is 31.6 Å². The largest absolute Gasteiger partial charge is 0.482 e. The molecule has 0 aliphatic heterocycles. The van der Waals surface area contributed by atoms with Gasteiger partial charge < -0.3 is 18.3 Å². The van der Waals surface area contributed by atoms with Crippen molar-refractivity contribution in [2.24, 2.45) is 0 Å². The van der Waals surface area contributed by atoms with Crippen molar-refractivity contribution >= 4 is 28.5 Å². The van der Waals surface area contributed by atoms with Crippen LogP contribution in [0.5, 0.6) is 5.75 Å². The van der Waals surface area contributed by atoms with E-state index < -0.39 is 5.97 Å². The smallest absolute Gasteiger partial charge is 0.330 e. The summed E-state index contributed by atoms with van der Waals surface area (Å²) in [6, 6.07) is 8.05. The summed E-state index contributed by atoms with van der Waals surface area (Å²) < 4.78 is 21.1. The molecule has 0 saturated heterocycles. The summed E-state index contributed by atoms with van der Waals surface area (Å²) in [5.41, 5.74) is -0.0279. The maximum atomic E-state index is 12.8. The first kappa shape index (κ1) is 16.9. The molecule has 3 aromatic rings. The van der Waals surface area contributed by atoms with Gasteiger partial charge in [-0.05, 0) is 36.4 Å². The molecule has 0 aliphatic rings. The summed E-state index contributed by atoms with van der Waals surface area (Å²) in [6.45, 7) is -0.0281. The second-order valence-corrected chi connectivity index (χ2v) is 5.38. The van der Waals surface area contributed by atoms with E-state index in [1.54, 1.807) is 24.3 Å². The Hall–Kier alpha value is -2.99. The van der Waals surface area contributed by atoms with Gasteiger partial charge in [0.05, 0.1) is 18.8 Å². The third-order valence-electron chi connectivity index (χ3n) is 3.33. The average molecular weight is 361 g/mol. The first-order valence-electron chi connectivity index (χ1n) is 7.27. The number of ether oxygens (including phenoxy) is 2. The van der Waals surface area contributed by atoms with Gasteiger partial charge in [-0.15, -0.1) is 0 Å². The van der Waals surface area contributed by atoms with Crippen molar-refractivity contribution in [2.75, 3.05) is 13.7 Å². The van der Waals surface area contributed by atoms with Crippen molar-refractivity contribution in [1.82, 2.24) is 0 Å². The first-order valence-corrected chi connectivity index (χ1v) is 7.65. The van der Waals surface area contributed by atoms with E-state index in [0.717, 1.165) is 0 Å². The van der Waals surface area contributed by atoms with Gasteiger partial charge in [-0.3, -0.25) is 4.79 Å². The zero-order valence-corrected chi connectivity index (χ0v) is 13.9. The van der Waals surface area contributed by atoms with Crippen LogP contribution >= 0.6 is 11.6 Å². The Balaban J connectivity index is 2.06. The first-order chi connectivity index (χ1) is 12.1. The average Bonchev–Trinajstić information content (AvgIpc) is 3.14. The minimum Gasteiger partial charge on any atom is -0.482 e. The lowest BCUT2D eigenvalue weighted by Gasteiger charge is -2.09.